The van der Waals surface area contributed by atoms with Crippen molar-refractivity contribution in [3.8, 4) is 0 Å². The first-order chi connectivity index (χ1) is 19.4. The molecule has 0 amide bonds. The molecule has 0 radical (unpaired) electrons. The van der Waals surface area contributed by atoms with Crippen molar-refractivity contribution >= 4 is 10.8 Å². The van der Waals surface area contributed by atoms with Crippen LogP contribution in [0.15, 0.2) is 42.5 Å². The second-order valence-corrected chi connectivity index (χ2v) is 12.6. The van der Waals surface area contributed by atoms with Crippen LogP contribution in [0.3, 0.4) is 0 Å². The predicted molar refractivity (Wildman–Crippen MR) is 178 cm³/mol. The fraction of sp³-hybridized carbons (Fsp3) is 0.744. The molecule has 39 heavy (non-hydrogen) atoms. The zero-order chi connectivity index (χ0) is 27.5. The van der Waals surface area contributed by atoms with Gasteiger partial charge >= 0.3 is 0 Å². The molecular formula is C39H66. The van der Waals surface area contributed by atoms with Crippen LogP contribution < -0.4 is 0 Å². The first-order valence-corrected chi connectivity index (χ1v) is 17.9. The van der Waals surface area contributed by atoms with Crippen LogP contribution in [0, 0.1) is 0 Å². The van der Waals surface area contributed by atoms with Gasteiger partial charge in [-0.15, -0.1) is 0 Å². The number of benzene rings is 2. The first-order valence-electron chi connectivity index (χ1n) is 17.9. The van der Waals surface area contributed by atoms with E-state index in [1.165, 1.54) is 196 Å². The Bertz CT molecular complexity index is 774. The van der Waals surface area contributed by atoms with E-state index >= 15 is 0 Å². The van der Waals surface area contributed by atoms with Crippen LogP contribution in [0.2, 0.25) is 0 Å². The molecule has 0 aromatic heterocycles. The van der Waals surface area contributed by atoms with E-state index < -0.39 is 0 Å². The third-order valence-corrected chi connectivity index (χ3v) is 8.88. The molecule has 0 bridgehead atoms. The number of rotatable bonds is 28. The van der Waals surface area contributed by atoms with Crippen molar-refractivity contribution < 1.29 is 0 Å². The molecule has 2 aromatic rings. The van der Waals surface area contributed by atoms with E-state index in [2.05, 4.69) is 49.4 Å². The van der Waals surface area contributed by atoms with E-state index in [0.29, 0.717) is 0 Å². The average Bonchev–Trinajstić information content (AvgIpc) is 2.96. The maximum absolute atomic E-state index is 2.38. The van der Waals surface area contributed by atoms with Gasteiger partial charge in [0, 0.05) is 0 Å². The van der Waals surface area contributed by atoms with E-state index in [-0.39, 0.29) is 0 Å². The quantitative estimate of drug-likeness (QED) is 0.0952. The van der Waals surface area contributed by atoms with E-state index in [4.69, 9.17) is 0 Å². The van der Waals surface area contributed by atoms with Crippen molar-refractivity contribution in [3.63, 3.8) is 0 Å². The molecule has 0 atom stereocenters. The lowest BCUT2D eigenvalue weighted by atomic mass is 10.0. The Hall–Kier alpha value is -1.30. The van der Waals surface area contributed by atoms with Crippen LogP contribution in [0.25, 0.3) is 10.8 Å². The molecule has 2 aromatic carbocycles. The molecule has 0 saturated heterocycles. The zero-order valence-electron chi connectivity index (χ0n) is 26.3. The van der Waals surface area contributed by atoms with Gasteiger partial charge in [0.15, 0.2) is 0 Å². The number of hydrogen-bond donors (Lipinski definition) is 0. The number of hydrogen-bond acceptors (Lipinski definition) is 0. The van der Waals surface area contributed by atoms with E-state index in [9.17, 15) is 0 Å². The van der Waals surface area contributed by atoms with Gasteiger partial charge in [-0.1, -0.05) is 216 Å². The summed E-state index contributed by atoms with van der Waals surface area (Å²) in [6.07, 6.45) is 40.7. The SMILES string of the molecule is CCCCCCCCCCCCCCCCCCCCCCCCCCCCCc1ccc2ccccc2c1. The minimum Gasteiger partial charge on any atom is -0.0654 e. The van der Waals surface area contributed by atoms with Gasteiger partial charge in [-0.3, -0.25) is 0 Å². The van der Waals surface area contributed by atoms with Gasteiger partial charge in [-0.25, -0.2) is 0 Å². The van der Waals surface area contributed by atoms with Gasteiger partial charge in [-0.05, 0) is 29.2 Å². The molecule has 0 spiro atoms. The lowest BCUT2D eigenvalue weighted by Gasteiger charge is -2.05. The van der Waals surface area contributed by atoms with Gasteiger partial charge in [-0.2, -0.15) is 0 Å². The van der Waals surface area contributed by atoms with Gasteiger partial charge in [0.05, 0.1) is 0 Å². The summed E-state index contributed by atoms with van der Waals surface area (Å²) in [6, 6.07) is 15.7. The molecule has 0 N–H and O–H groups in total. The third-order valence-electron chi connectivity index (χ3n) is 8.88. The largest absolute Gasteiger partial charge is 0.0654 e. The Labute approximate surface area is 245 Å². The van der Waals surface area contributed by atoms with Gasteiger partial charge in [0.1, 0.15) is 0 Å². The summed E-state index contributed by atoms with van der Waals surface area (Å²) in [4.78, 5) is 0. The fourth-order valence-corrected chi connectivity index (χ4v) is 6.22. The monoisotopic (exact) mass is 535 g/mol. The second-order valence-electron chi connectivity index (χ2n) is 12.6. The molecule has 222 valence electrons. The summed E-state index contributed by atoms with van der Waals surface area (Å²) in [6.45, 7) is 2.31. The Morgan fingerprint density at radius 3 is 1.05 bits per heavy atom. The molecule has 0 aliphatic carbocycles. The second kappa shape index (κ2) is 25.7. The topological polar surface area (TPSA) is 0 Å². The Balaban J connectivity index is 1.21. The van der Waals surface area contributed by atoms with Crippen LogP contribution in [0.4, 0.5) is 0 Å². The maximum Gasteiger partial charge on any atom is -0.0181 e. The summed E-state index contributed by atoms with van der Waals surface area (Å²) in [5.41, 5.74) is 1.51. The molecular weight excluding hydrogens is 468 g/mol. The van der Waals surface area contributed by atoms with E-state index in [1.54, 1.807) is 0 Å². The average molecular weight is 535 g/mol. The molecule has 0 heterocycles. The number of aryl methyl sites for hydroxylation is 1. The molecule has 2 rings (SSSR count). The van der Waals surface area contributed by atoms with Crippen molar-refractivity contribution in [2.75, 3.05) is 0 Å². The normalized spacial score (nSPS) is 11.5. The number of unbranched alkanes of at least 4 members (excludes halogenated alkanes) is 26. The standard InChI is InChI=1S/C39H66/c1-2-3-4-5-6-7-8-9-10-11-12-13-14-15-16-17-18-19-20-21-22-23-24-25-26-27-28-31-37-34-35-38-32-29-30-33-39(38)36-37/h29-30,32-36H,2-28,31H2,1H3. The summed E-state index contributed by atoms with van der Waals surface area (Å²) < 4.78 is 0. The van der Waals surface area contributed by atoms with Crippen LogP contribution in [-0.2, 0) is 6.42 Å². The van der Waals surface area contributed by atoms with Crippen molar-refractivity contribution in [2.24, 2.45) is 0 Å². The first kappa shape index (κ1) is 33.9. The van der Waals surface area contributed by atoms with Crippen molar-refractivity contribution in [3.05, 3.63) is 48.0 Å². The molecule has 0 fully saturated rings. The van der Waals surface area contributed by atoms with Crippen molar-refractivity contribution in [1.82, 2.24) is 0 Å². The lowest BCUT2D eigenvalue weighted by Crippen LogP contribution is -1.87. The summed E-state index contributed by atoms with van der Waals surface area (Å²) in [7, 11) is 0. The highest BCUT2D eigenvalue weighted by Crippen LogP contribution is 2.19. The molecule has 0 nitrogen and oxygen atoms in total. The highest BCUT2D eigenvalue weighted by atomic mass is 14.0. The van der Waals surface area contributed by atoms with E-state index in [1.807, 2.05) is 0 Å². The van der Waals surface area contributed by atoms with Crippen LogP contribution in [-0.4, -0.2) is 0 Å². The van der Waals surface area contributed by atoms with Gasteiger partial charge in [0.25, 0.3) is 0 Å². The van der Waals surface area contributed by atoms with Crippen LogP contribution in [0.1, 0.15) is 186 Å². The van der Waals surface area contributed by atoms with Gasteiger partial charge < -0.3 is 0 Å². The molecule has 0 aliphatic rings. The Kier molecular flexibility index (Phi) is 22.3. The summed E-state index contributed by atoms with van der Waals surface area (Å²) in [5, 5.41) is 2.75. The number of fused-ring (bicyclic) bond motifs is 1. The minimum absolute atomic E-state index is 1.24. The van der Waals surface area contributed by atoms with Crippen LogP contribution >= 0.6 is 0 Å². The fourth-order valence-electron chi connectivity index (χ4n) is 6.22. The van der Waals surface area contributed by atoms with Crippen molar-refractivity contribution in [1.29, 1.82) is 0 Å². The smallest absolute Gasteiger partial charge is 0.0181 e. The van der Waals surface area contributed by atoms with Crippen molar-refractivity contribution in [2.45, 2.75) is 187 Å². The minimum atomic E-state index is 1.24. The Morgan fingerprint density at radius 2 is 0.667 bits per heavy atom. The predicted octanol–water partition coefficient (Wildman–Crippen LogP) is 13.9. The molecule has 0 heteroatoms. The lowest BCUT2D eigenvalue weighted by molar-refractivity contribution is 0.514. The Morgan fingerprint density at radius 1 is 0.333 bits per heavy atom. The highest BCUT2D eigenvalue weighted by Gasteiger charge is 1.99. The van der Waals surface area contributed by atoms with Gasteiger partial charge in [0.2, 0.25) is 0 Å². The highest BCUT2D eigenvalue weighted by molar-refractivity contribution is 5.82. The van der Waals surface area contributed by atoms with Crippen LogP contribution in [0.5, 0.6) is 0 Å². The summed E-state index contributed by atoms with van der Waals surface area (Å²) >= 11 is 0. The molecule has 0 unspecified atom stereocenters. The maximum atomic E-state index is 2.38. The molecule has 0 aliphatic heterocycles. The summed E-state index contributed by atoms with van der Waals surface area (Å²) in [5.74, 6) is 0. The molecule has 0 saturated carbocycles. The zero-order valence-corrected chi connectivity index (χ0v) is 26.3. The third kappa shape index (κ3) is 19.4. The van der Waals surface area contributed by atoms with E-state index in [0.717, 1.165) is 0 Å².